The van der Waals surface area contributed by atoms with Crippen molar-refractivity contribution in [1.82, 2.24) is 4.98 Å². The number of anilines is 1. The maximum Gasteiger partial charge on any atom is 0.126 e. The van der Waals surface area contributed by atoms with Crippen LogP contribution in [0.4, 0.5) is 5.69 Å². The van der Waals surface area contributed by atoms with Crippen LogP contribution in [0.3, 0.4) is 0 Å². The highest BCUT2D eigenvalue weighted by atomic mass is 16.1. The van der Waals surface area contributed by atoms with Gasteiger partial charge in [-0.3, -0.25) is 4.98 Å². The van der Waals surface area contributed by atoms with Crippen LogP contribution < -0.4 is 4.90 Å². The van der Waals surface area contributed by atoms with Gasteiger partial charge < -0.3 is 9.69 Å². The lowest BCUT2D eigenvalue weighted by atomic mass is 10.4. The van der Waals surface area contributed by atoms with E-state index in [4.69, 9.17) is 0 Å². The standard InChI is InChI=1S/C7H10N2.C3H6O/c1-9(2)7-3-5-8-6-4-7;1-3(2)4/h3-6H,1-2H3;1-2H3. The van der Waals surface area contributed by atoms with Gasteiger partial charge in [0.2, 0.25) is 0 Å². The van der Waals surface area contributed by atoms with E-state index in [-0.39, 0.29) is 5.78 Å². The lowest BCUT2D eigenvalue weighted by Crippen LogP contribution is -2.07. The van der Waals surface area contributed by atoms with Crippen molar-refractivity contribution in [3.63, 3.8) is 0 Å². The van der Waals surface area contributed by atoms with Crippen molar-refractivity contribution in [1.29, 1.82) is 0 Å². The molecule has 0 unspecified atom stereocenters. The van der Waals surface area contributed by atoms with Crippen molar-refractivity contribution >= 4 is 11.5 Å². The van der Waals surface area contributed by atoms with Crippen LogP contribution in [0.15, 0.2) is 24.5 Å². The fourth-order valence-electron chi connectivity index (χ4n) is 0.642. The average Bonchev–Trinajstić information content (AvgIpc) is 2.05. The SMILES string of the molecule is CC(C)=O.CN(C)c1ccncc1. The van der Waals surface area contributed by atoms with Gasteiger partial charge in [-0.05, 0) is 26.0 Å². The molecule has 1 heterocycles. The third-order valence-electron chi connectivity index (χ3n) is 1.18. The molecule has 0 saturated carbocycles. The summed E-state index contributed by atoms with van der Waals surface area (Å²) >= 11 is 0. The van der Waals surface area contributed by atoms with E-state index >= 15 is 0 Å². The molecule has 0 N–H and O–H groups in total. The molecule has 0 aliphatic heterocycles. The summed E-state index contributed by atoms with van der Waals surface area (Å²) in [5.41, 5.74) is 1.19. The minimum atomic E-state index is 0.167. The number of carbonyl (C=O) groups is 1. The molecule has 3 heteroatoms. The summed E-state index contributed by atoms with van der Waals surface area (Å²) in [5, 5.41) is 0. The van der Waals surface area contributed by atoms with Gasteiger partial charge in [0.15, 0.2) is 0 Å². The molecule has 3 nitrogen and oxygen atoms in total. The number of carbonyl (C=O) groups excluding carboxylic acids is 1. The normalized spacial score (nSPS) is 8.31. The number of pyridine rings is 1. The van der Waals surface area contributed by atoms with Crippen molar-refractivity contribution in [2.75, 3.05) is 19.0 Å². The Balaban J connectivity index is 0.000000310. The maximum atomic E-state index is 9.44. The Kier molecular flexibility index (Phi) is 5.52. The van der Waals surface area contributed by atoms with E-state index in [0.717, 1.165) is 0 Å². The van der Waals surface area contributed by atoms with E-state index in [9.17, 15) is 4.79 Å². The van der Waals surface area contributed by atoms with Crippen molar-refractivity contribution in [3.05, 3.63) is 24.5 Å². The Morgan fingerprint density at radius 3 is 1.85 bits per heavy atom. The molecule has 0 aromatic carbocycles. The van der Waals surface area contributed by atoms with Gasteiger partial charge in [0.25, 0.3) is 0 Å². The number of Topliss-reactive ketones (excluding diaryl/α,β-unsaturated/α-hetero) is 1. The van der Waals surface area contributed by atoms with Gasteiger partial charge in [0.05, 0.1) is 0 Å². The second kappa shape index (κ2) is 6.17. The summed E-state index contributed by atoms with van der Waals surface area (Å²) in [5.74, 6) is 0.167. The van der Waals surface area contributed by atoms with E-state index in [0.29, 0.717) is 0 Å². The summed E-state index contributed by atoms with van der Waals surface area (Å²) in [6.45, 7) is 3.06. The highest BCUT2D eigenvalue weighted by molar-refractivity contribution is 5.72. The first kappa shape index (κ1) is 11.6. The zero-order valence-corrected chi connectivity index (χ0v) is 8.61. The van der Waals surface area contributed by atoms with Crippen LogP contribution >= 0.6 is 0 Å². The van der Waals surface area contributed by atoms with Crippen LogP contribution in [0.25, 0.3) is 0 Å². The fraction of sp³-hybridized carbons (Fsp3) is 0.400. The second-order valence-electron chi connectivity index (χ2n) is 3.01. The van der Waals surface area contributed by atoms with E-state index in [2.05, 4.69) is 4.98 Å². The van der Waals surface area contributed by atoms with Crippen molar-refractivity contribution in [2.45, 2.75) is 13.8 Å². The first-order valence-corrected chi connectivity index (χ1v) is 4.08. The number of rotatable bonds is 1. The van der Waals surface area contributed by atoms with Gasteiger partial charge in [-0.25, -0.2) is 0 Å². The second-order valence-corrected chi connectivity index (χ2v) is 3.01. The van der Waals surface area contributed by atoms with Crippen LogP contribution in [-0.4, -0.2) is 24.9 Å². The molecule has 1 rings (SSSR count). The lowest BCUT2D eigenvalue weighted by Gasteiger charge is -2.10. The van der Waals surface area contributed by atoms with Crippen LogP contribution in [0, 0.1) is 0 Å². The lowest BCUT2D eigenvalue weighted by molar-refractivity contribution is -0.114. The molecule has 0 bridgehead atoms. The number of hydrogen-bond acceptors (Lipinski definition) is 3. The monoisotopic (exact) mass is 180 g/mol. The van der Waals surface area contributed by atoms with E-state index in [1.807, 2.05) is 31.1 Å². The first-order valence-electron chi connectivity index (χ1n) is 4.08. The van der Waals surface area contributed by atoms with Crippen LogP contribution in [-0.2, 0) is 4.79 Å². The molecule has 13 heavy (non-hydrogen) atoms. The maximum absolute atomic E-state index is 9.44. The van der Waals surface area contributed by atoms with Gasteiger partial charge >= 0.3 is 0 Å². The minimum absolute atomic E-state index is 0.167. The number of hydrogen-bond donors (Lipinski definition) is 0. The molecule has 0 saturated heterocycles. The fourth-order valence-corrected chi connectivity index (χ4v) is 0.642. The highest BCUT2D eigenvalue weighted by Gasteiger charge is 1.88. The molecule has 0 fully saturated rings. The molecule has 0 aliphatic carbocycles. The highest BCUT2D eigenvalue weighted by Crippen LogP contribution is 2.05. The number of nitrogens with zero attached hydrogens (tertiary/aromatic N) is 2. The van der Waals surface area contributed by atoms with Crippen molar-refractivity contribution < 1.29 is 4.79 Å². The number of ketones is 1. The Labute approximate surface area is 79.4 Å². The molecule has 0 aliphatic rings. The molecular weight excluding hydrogens is 164 g/mol. The van der Waals surface area contributed by atoms with Gasteiger partial charge in [0, 0.05) is 32.2 Å². The van der Waals surface area contributed by atoms with E-state index in [1.54, 1.807) is 12.4 Å². The largest absolute Gasteiger partial charge is 0.378 e. The Bertz CT molecular complexity index is 240. The van der Waals surface area contributed by atoms with Crippen LogP contribution in [0.2, 0.25) is 0 Å². The van der Waals surface area contributed by atoms with Crippen molar-refractivity contribution in [3.8, 4) is 0 Å². The first-order chi connectivity index (χ1) is 6.04. The van der Waals surface area contributed by atoms with Gasteiger partial charge in [0.1, 0.15) is 5.78 Å². The van der Waals surface area contributed by atoms with Crippen LogP contribution in [0.1, 0.15) is 13.8 Å². The Morgan fingerprint density at radius 1 is 1.23 bits per heavy atom. The molecular formula is C10H16N2O. The smallest absolute Gasteiger partial charge is 0.126 e. The predicted octanol–water partition coefficient (Wildman–Crippen LogP) is 1.74. The molecule has 1 aromatic heterocycles. The molecule has 72 valence electrons. The summed E-state index contributed by atoms with van der Waals surface area (Å²) in [6.07, 6.45) is 3.57. The predicted molar refractivity (Wildman–Crippen MR) is 54.9 cm³/mol. The van der Waals surface area contributed by atoms with Gasteiger partial charge in [-0.2, -0.15) is 0 Å². The molecule has 0 spiro atoms. The molecule has 0 radical (unpaired) electrons. The van der Waals surface area contributed by atoms with Gasteiger partial charge in [-0.1, -0.05) is 0 Å². The molecule has 0 atom stereocenters. The van der Waals surface area contributed by atoms with E-state index < -0.39 is 0 Å². The summed E-state index contributed by atoms with van der Waals surface area (Å²) in [6, 6.07) is 3.94. The Hall–Kier alpha value is -1.38. The third-order valence-corrected chi connectivity index (χ3v) is 1.18. The minimum Gasteiger partial charge on any atom is -0.378 e. The summed E-state index contributed by atoms with van der Waals surface area (Å²) < 4.78 is 0. The third kappa shape index (κ3) is 7.00. The average molecular weight is 180 g/mol. The Morgan fingerprint density at radius 2 is 1.62 bits per heavy atom. The summed E-state index contributed by atoms with van der Waals surface area (Å²) in [4.78, 5) is 15.4. The molecule has 0 amide bonds. The quantitative estimate of drug-likeness (QED) is 0.660. The molecule has 1 aromatic rings. The van der Waals surface area contributed by atoms with Crippen LogP contribution in [0.5, 0.6) is 0 Å². The van der Waals surface area contributed by atoms with Crippen molar-refractivity contribution in [2.24, 2.45) is 0 Å². The zero-order valence-electron chi connectivity index (χ0n) is 8.61. The number of aromatic nitrogens is 1. The van der Waals surface area contributed by atoms with E-state index in [1.165, 1.54) is 19.5 Å². The zero-order chi connectivity index (χ0) is 10.3. The van der Waals surface area contributed by atoms with Gasteiger partial charge in [-0.15, -0.1) is 0 Å². The summed E-state index contributed by atoms with van der Waals surface area (Å²) in [7, 11) is 4.02. The topological polar surface area (TPSA) is 33.2 Å².